The summed E-state index contributed by atoms with van der Waals surface area (Å²) in [4.78, 5) is 15.0. The number of aliphatic carboxylic acids is 1. The molecule has 0 fully saturated rings. The fraction of sp³-hybridized carbons (Fsp3) is 0.231. The van der Waals surface area contributed by atoms with Crippen LogP contribution in [0.4, 0.5) is 0 Å². The highest BCUT2D eigenvalue weighted by Crippen LogP contribution is 2.12. The van der Waals surface area contributed by atoms with E-state index in [9.17, 15) is 4.79 Å². The zero-order valence-corrected chi connectivity index (χ0v) is 9.46. The Kier molecular flexibility index (Phi) is 3.35. The van der Waals surface area contributed by atoms with Gasteiger partial charge in [0.2, 0.25) is 0 Å². The molecule has 0 aliphatic carbocycles. The van der Waals surface area contributed by atoms with Crippen molar-refractivity contribution < 1.29 is 14.6 Å². The number of pyridine rings is 1. The molecule has 0 radical (unpaired) electrons. The Morgan fingerprint density at radius 2 is 2.12 bits per heavy atom. The minimum Gasteiger partial charge on any atom is -0.479 e. The number of hydrogen-bond donors (Lipinski definition) is 1. The molecule has 4 nitrogen and oxygen atoms in total. The molecule has 0 saturated carbocycles. The number of fused-ring (bicyclic) bond motifs is 1. The fourth-order valence-corrected chi connectivity index (χ4v) is 1.47. The van der Waals surface area contributed by atoms with Gasteiger partial charge in [-0.15, -0.1) is 0 Å². The Morgan fingerprint density at radius 1 is 1.35 bits per heavy atom. The highest BCUT2D eigenvalue weighted by Gasteiger charge is 2.11. The van der Waals surface area contributed by atoms with E-state index in [1.807, 2.05) is 36.4 Å². The maximum atomic E-state index is 10.6. The first-order valence-electron chi connectivity index (χ1n) is 5.36. The van der Waals surface area contributed by atoms with Crippen molar-refractivity contribution in [2.75, 3.05) is 0 Å². The van der Waals surface area contributed by atoms with Crippen LogP contribution in [0.2, 0.25) is 0 Å². The first kappa shape index (κ1) is 11.5. The molecule has 1 N–H and O–H groups in total. The monoisotopic (exact) mass is 231 g/mol. The van der Waals surface area contributed by atoms with Crippen molar-refractivity contribution in [3.05, 3.63) is 42.1 Å². The largest absolute Gasteiger partial charge is 0.479 e. The predicted molar refractivity (Wildman–Crippen MR) is 63.6 cm³/mol. The van der Waals surface area contributed by atoms with Crippen molar-refractivity contribution in [3.63, 3.8) is 0 Å². The zero-order valence-electron chi connectivity index (χ0n) is 9.46. The second-order valence-corrected chi connectivity index (χ2v) is 3.79. The lowest BCUT2D eigenvalue weighted by Gasteiger charge is -2.08. The molecule has 0 bridgehead atoms. The average Bonchev–Trinajstić information content (AvgIpc) is 2.35. The molecule has 17 heavy (non-hydrogen) atoms. The molecule has 1 atom stereocenters. The quantitative estimate of drug-likeness (QED) is 0.876. The number of carboxylic acids is 1. The maximum absolute atomic E-state index is 10.6. The number of carbonyl (C=O) groups is 1. The van der Waals surface area contributed by atoms with E-state index >= 15 is 0 Å². The van der Waals surface area contributed by atoms with E-state index in [-0.39, 0.29) is 6.61 Å². The summed E-state index contributed by atoms with van der Waals surface area (Å²) in [6.45, 7) is 1.71. The summed E-state index contributed by atoms with van der Waals surface area (Å²) in [5, 5.41) is 9.74. The number of benzene rings is 1. The van der Waals surface area contributed by atoms with Gasteiger partial charge in [-0.1, -0.05) is 24.3 Å². The SMILES string of the molecule is CC(OCc1ccc2ccccc2n1)C(=O)O. The van der Waals surface area contributed by atoms with Crippen molar-refractivity contribution in [1.29, 1.82) is 0 Å². The van der Waals surface area contributed by atoms with Crippen molar-refractivity contribution >= 4 is 16.9 Å². The molecule has 1 aromatic carbocycles. The van der Waals surface area contributed by atoms with Gasteiger partial charge in [-0.05, 0) is 19.1 Å². The lowest BCUT2D eigenvalue weighted by atomic mass is 10.2. The number of ether oxygens (including phenoxy) is 1. The Balaban J connectivity index is 2.12. The molecule has 1 unspecified atom stereocenters. The summed E-state index contributed by atoms with van der Waals surface area (Å²) in [6.07, 6.45) is -0.816. The van der Waals surface area contributed by atoms with Crippen LogP contribution in [0.5, 0.6) is 0 Å². The first-order valence-corrected chi connectivity index (χ1v) is 5.36. The van der Waals surface area contributed by atoms with E-state index < -0.39 is 12.1 Å². The molecular formula is C13H13NO3. The van der Waals surface area contributed by atoms with Crippen LogP contribution >= 0.6 is 0 Å². The average molecular weight is 231 g/mol. The molecule has 2 aromatic rings. The molecule has 1 heterocycles. The van der Waals surface area contributed by atoms with Crippen molar-refractivity contribution in [1.82, 2.24) is 4.98 Å². The Labute approximate surface area is 98.9 Å². The Hall–Kier alpha value is -1.94. The van der Waals surface area contributed by atoms with Crippen molar-refractivity contribution in [3.8, 4) is 0 Å². The van der Waals surface area contributed by atoms with Crippen LogP contribution in [0.25, 0.3) is 10.9 Å². The smallest absolute Gasteiger partial charge is 0.332 e. The number of rotatable bonds is 4. The molecule has 88 valence electrons. The maximum Gasteiger partial charge on any atom is 0.332 e. The van der Waals surface area contributed by atoms with E-state index in [0.29, 0.717) is 0 Å². The standard InChI is InChI=1S/C13H13NO3/c1-9(13(15)16)17-8-11-7-6-10-4-2-3-5-12(10)14-11/h2-7,9H,8H2,1H3,(H,15,16). The van der Waals surface area contributed by atoms with Gasteiger partial charge in [0.05, 0.1) is 17.8 Å². The Morgan fingerprint density at radius 3 is 2.88 bits per heavy atom. The molecule has 0 saturated heterocycles. The summed E-state index contributed by atoms with van der Waals surface area (Å²) >= 11 is 0. The molecule has 0 amide bonds. The van der Waals surface area contributed by atoms with Gasteiger partial charge in [0.1, 0.15) is 0 Å². The third-order valence-electron chi connectivity index (χ3n) is 2.49. The van der Waals surface area contributed by atoms with Crippen molar-refractivity contribution in [2.24, 2.45) is 0 Å². The summed E-state index contributed by atoms with van der Waals surface area (Å²) in [5.41, 5.74) is 1.62. The number of hydrogen-bond acceptors (Lipinski definition) is 3. The van der Waals surface area contributed by atoms with Crippen LogP contribution < -0.4 is 0 Å². The van der Waals surface area contributed by atoms with Crippen LogP contribution in [0.15, 0.2) is 36.4 Å². The second kappa shape index (κ2) is 4.93. The van der Waals surface area contributed by atoms with Gasteiger partial charge >= 0.3 is 5.97 Å². The molecule has 4 heteroatoms. The highest BCUT2D eigenvalue weighted by atomic mass is 16.5. The molecular weight excluding hydrogens is 218 g/mol. The fourth-order valence-electron chi connectivity index (χ4n) is 1.47. The zero-order chi connectivity index (χ0) is 12.3. The number of carboxylic acid groups (broad SMARTS) is 1. The molecule has 0 aliphatic heterocycles. The summed E-state index contributed by atoms with van der Waals surface area (Å²) in [5.74, 6) is -0.967. The van der Waals surface area contributed by atoms with Gasteiger partial charge < -0.3 is 9.84 Å². The topological polar surface area (TPSA) is 59.4 Å². The predicted octanol–water partition coefficient (Wildman–Crippen LogP) is 2.22. The van der Waals surface area contributed by atoms with Crippen molar-refractivity contribution in [2.45, 2.75) is 19.6 Å². The second-order valence-electron chi connectivity index (χ2n) is 3.79. The number of para-hydroxylation sites is 1. The molecule has 2 rings (SSSR count). The summed E-state index contributed by atoms with van der Waals surface area (Å²) in [6, 6.07) is 11.6. The third kappa shape index (κ3) is 2.79. The minimum atomic E-state index is -0.967. The van der Waals surface area contributed by atoms with Crippen LogP contribution in [0.3, 0.4) is 0 Å². The van der Waals surface area contributed by atoms with E-state index in [4.69, 9.17) is 9.84 Å². The lowest BCUT2D eigenvalue weighted by Crippen LogP contribution is -2.19. The van der Waals surface area contributed by atoms with E-state index in [2.05, 4.69) is 4.98 Å². The lowest BCUT2D eigenvalue weighted by molar-refractivity contribution is -0.149. The van der Waals surface area contributed by atoms with Gasteiger partial charge in [-0.25, -0.2) is 4.79 Å². The minimum absolute atomic E-state index is 0.207. The van der Waals surface area contributed by atoms with E-state index in [1.54, 1.807) is 0 Å². The van der Waals surface area contributed by atoms with Gasteiger partial charge in [-0.3, -0.25) is 4.98 Å². The summed E-state index contributed by atoms with van der Waals surface area (Å²) < 4.78 is 5.18. The molecule has 1 aromatic heterocycles. The van der Waals surface area contributed by atoms with E-state index in [1.165, 1.54) is 6.92 Å². The van der Waals surface area contributed by atoms with E-state index in [0.717, 1.165) is 16.6 Å². The highest BCUT2D eigenvalue weighted by molar-refractivity contribution is 5.78. The van der Waals surface area contributed by atoms with Gasteiger partial charge in [0.25, 0.3) is 0 Å². The first-order chi connectivity index (χ1) is 8.16. The Bertz CT molecular complexity index is 539. The third-order valence-corrected chi connectivity index (χ3v) is 2.49. The molecule has 0 spiro atoms. The van der Waals surface area contributed by atoms with Crippen LogP contribution in [-0.2, 0) is 16.1 Å². The summed E-state index contributed by atoms with van der Waals surface area (Å²) in [7, 11) is 0. The normalized spacial score (nSPS) is 12.5. The van der Waals surface area contributed by atoms with Gasteiger partial charge in [0, 0.05) is 5.39 Å². The number of nitrogens with zero attached hydrogens (tertiary/aromatic N) is 1. The molecule has 0 aliphatic rings. The van der Waals surface area contributed by atoms with Crippen LogP contribution in [-0.4, -0.2) is 22.2 Å². The van der Waals surface area contributed by atoms with Crippen LogP contribution in [0, 0.1) is 0 Å². The van der Waals surface area contributed by atoms with Crippen LogP contribution in [0.1, 0.15) is 12.6 Å². The number of aromatic nitrogens is 1. The van der Waals surface area contributed by atoms with Gasteiger partial charge in [0.15, 0.2) is 6.10 Å². The van der Waals surface area contributed by atoms with Gasteiger partial charge in [-0.2, -0.15) is 0 Å².